The molecule has 0 bridgehead atoms. The number of alkyl halides is 3. The van der Waals surface area contributed by atoms with Gasteiger partial charge in [0.1, 0.15) is 5.69 Å². The minimum atomic E-state index is -4.51. The summed E-state index contributed by atoms with van der Waals surface area (Å²) in [5, 5.41) is 12.0. The van der Waals surface area contributed by atoms with Crippen molar-refractivity contribution in [2.24, 2.45) is 12.8 Å². The lowest BCUT2D eigenvalue weighted by Gasteiger charge is -2.18. The Hall–Kier alpha value is -3.20. The van der Waals surface area contributed by atoms with Crippen molar-refractivity contribution in [1.29, 1.82) is 0 Å². The molecule has 0 aliphatic heterocycles. The maximum absolute atomic E-state index is 14.0. The Morgan fingerprint density at radius 1 is 1.23 bits per heavy atom. The van der Waals surface area contributed by atoms with E-state index in [9.17, 15) is 13.2 Å². The number of hydrogen-bond acceptors (Lipinski definition) is 4. The van der Waals surface area contributed by atoms with E-state index < -0.39 is 11.7 Å². The Morgan fingerprint density at radius 2 is 2.03 bits per heavy atom. The van der Waals surface area contributed by atoms with E-state index in [0.717, 1.165) is 5.56 Å². The van der Waals surface area contributed by atoms with Crippen LogP contribution in [-0.4, -0.2) is 31.0 Å². The zero-order valence-electron chi connectivity index (χ0n) is 16.5. The van der Waals surface area contributed by atoms with Gasteiger partial charge in [0.25, 0.3) is 0 Å². The van der Waals surface area contributed by atoms with Crippen LogP contribution in [0.3, 0.4) is 0 Å². The van der Waals surface area contributed by atoms with Crippen LogP contribution >= 0.6 is 0 Å². The number of nitrogens with one attached hydrogen (secondary N) is 1. The number of nitrogens with two attached hydrogens (primary N) is 1. The first-order valence-electron chi connectivity index (χ1n) is 9.52. The zero-order chi connectivity index (χ0) is 21.5. The first-order chi connectivity index (χ1) is 14.2. The van der Waals surface area contributed by atoms with Gasteiger partial charge in [-0.3, -0.25) is 14.8 Å². The van der Waals surface area contributed by atoms with Crippen molar-refractivity contribution in [3.8, 4) is 22.5 Å². The molecule has 0 fully saturated rings. The topological polar surface area (TPSA) is 85.4 Å². The van der Waals surface area contributed by atoms with Gasteiger partial charge in [-0.2, -0.15) is 23.4 Å². The van der Waals surface area contributed by atoms with Crippen molar-refractivity contribution in [1.82, 2.24) is 25.0 Å². The van der Waals surface area contributed by atoms with Crippen molar-refractivity contribution in [3.05, 3.63) is 54.0 Å². The maximum Gasteiger partial charge on any atom is 0.417 e. The van der Waals surface area contributed by atoms with E-state index in [1.807, 2.05) is 0 Å². The van der Waals surface area contributed by atoms with Gasteiger partial charge in [-0.15, -0.1) is 0 Å². The van der Waals surface area contributed by atoms with Gasteiger partial charge in [-0.05, 0) is 31.4 Å². The number of benzene rings is 1. The van der Waals surface area contributed by atoms with Crippen LogP contribution in [0.15, 0.2) is 42.9 Å². The monoisotopic (exact) mass is 414 g/mol. The maximum atomic E-state index is 14.0. The van der Waals surface area contributed by atoms with Crippen molar-refractivity contribution in [3.63, 3.8) is 0 Å². The number of pyridine rings is 1. The highest BCUT2D eigenvalue weighted by atomic mass is 19.4. The molecule has 0 aliphatic rings. The summed E-state index contributed by atoms with van der Waals surface area (Å²) in [6, 6.07) is 6.05. The van der Waals surface area contributed by atoms with Crippen LogP contribution in [0.2, 0.25) is 0 Å². The molecule has 3 aromatic heterocycles. The second-order valence-electron chi connectivity index (χ2n) is 7.44. The summed E-state index contributed by atoms with van der Waals surface area (Å²) in [5.74, 6) is 0. The summed E-state index contributed by atoms with van der Waals surface area (Å²) < 4.78 is 43.7. The Kier molecular flexibility index (Phi) is 5.07. The molecule has 1 unspecified atom stereocenters. The molecule has 0 aliphatic carbocycles. The average Bonchev–Trinajstić information content (AvgIpc) is 3.30. The number of hydrogen-bond donors (Lipinski definition) is 2. The molecule has 9 heteroatoms. The van der Waals surface area contributed by atoms with E-state index in [1.165, 1.54) is 18.3 Å². The number of aromatic nitrogens is 5. The second kappa shape index (κ2) is 7.56. The third-order valence-electron chi connectivity index (χ3n) is 5.00. The Bertz CT molecular complexity index is 1190. The molecule has 0 radical (unpaired) electrons. The smallest absolute Gasteiger partial charge is 0.328 e. The molecule has 4 rings (SSSR count). The molecule has 0 saturated carbocycles. The summed E-state index contributed by atoms with van der Waals surface area (Å²) in [6.45, 7) is 1.78. The van der Waals surface area contributed by atoms with E-state index in [4.69, 9.17) is 5.73 Å². The van der Waals surface area contributed by atoms with Gasteiger partial charge in [0.05, 0.1) is 29.2 Å². The Balaban J connectivity index is 1.86. The van der Waals surface area contributed by atoms with Gasteiger partial charge in [0.15, 0.2) is 0 Å². The zero-order valence-corrected chi connectivity index (χ0v) is 16.5. The molecule has 1 aromatic carbocycles. The lowest BCUT2D eigenvalue weighted by molar-refractivity contribution is -0.137. The minimum absolute atomic E-state index is 0.0462. The van der Waals surface area contributed by atoms with Gasteiger partial charge in [0, 0.05) is 35.8 Å². The molecule has 30 heavy (non-hydrogen) atoms. The third kappa shape index (κ3) is 3.80. The van der Waals surface area contributed by atoms with Crippen molar-refractivity contribution in [2.75, 3.05) is 0 Å². The molecular formula is C21H21F3N6. The summed E-state index contributed by atoms with van der Waals surface area (Å²) in [6.07, 6.45) is 1.16. The number of nitrogens with zero attached hydrogens (tertiary/aromatic N) is 4. The first-order valence-corrected chi connectivity index (χ1v) is 9.52. The summed E-state index contributed by atoms with van der Waals surface area (Å²) >= 11 is 0. The summed E-state index contributed by atoms with van der Waals surface area (Å²) in [7, 11) is 1.79. The van der Waals surface area contributed by atoms with Crippen LogP contribution in [0.25, 0.3) is 33.4 Å². The van der Waals surface area contributed by atoms with E-state index in [2.05, 4.69) is 20.3 Å². The van der Waals surface area contributed by atoms with Gasteiger partial charge in [-0.25, -0.2) is 0 Å². The van der Waals surface area contributed by atoms with Crippen LogP contribution in [-0.2, 0) is 19.6 Å². The summed E-state index contributed by atoms with van der Waals surface area (Å²) in [4.78, 5) is 4.28. The van der Waals surface area contributed by atoms with Crippen molar-refractivity contribution in [2.45, 2.75) is 32.0 Å². The highest BCUT2D eigenvalue weighted by Gasteiger charge is 2.36. The fraction of sp³-hybridized carbons (Fsp3) is 0.286. The van der Waals surface area contributed by atoms with Gasteiger partial charge < -0.3 is 5.73 Å². The number of H-pyrrole nitrogens is 1. The van der Waals surface area contributed by atoms with E-state index in [-0.39, 0.29) is 29.3 Å². The fourth-order valence-corrected chi connectivity index (χ4v) is 3.57. The average molecular weight is 414 g/mol. The lowest BCUT2D eigenvalue weighted by Crippen LogP contribution is -2.17. The summed E-state index contributed by atoms with van der Waals surface area (Å²) in [5.41, 5.74) is 7.62. The van der Waals surface area contributed by atoms with Gasteiger partial charge in [-0.1, -0.05) is 18.2 Å². The molecular weight excluding hydrogens is 393 g/mol. The standard InChI is InChI=1S/C21H21F3N6/c1-12(25)6-7-13-4-3-5-15(19(13)21(22,23)24)17-8-16-18(10-26-17)28-29-20(16)14-9-27-30(2)11-14/h3-5,8-12H,6-7,25H2,1-2H3,(H,28,29). The molecule has 156 valence electrons. The molecule has 1 atom stereocenters. The van der Waals surface area contributed by atoms with E-state index in [0.29, 0.717) is 23.0 Å². The number of fused-ring (bicyclic) bond motifs is 1. The van der Waals surface area contributed by atoms with E-state index in [1.54, 1.807) is 43.2 Å². The molecule has 4 aromatic rings. The van der Waals surface area contributed by atoms with Crippen LogP contribution < -0.4 is 5.73 Å². The van der Waals surface area contributed by atoms with Crippen LogP contribution in [0.1, 0.15) is 24.5 Å². The molecule has 3 N–H and O–H groups in total. The van der Waals surface area contributed by atoms with Crippen LogP contribution in [0.5, 0.6) is 0 Å². The molecule has 0 amide bonds. The number of halogens is 3. The Morgan fingerprint density at radius 3 is 2.70 bits per heavy atom. The minimum Gasteiger partial charge on any atom is -0.328 e. The van der Waals surface area contributed by atoms with Gasteiger partial charge >= 0.3 is 6.18 Å². The number of rotatable bonds is 5. The highest BCUT2D eigenvalue weighted by Crippen LogP contribution is 2.40. The van der Waals surface area contributed by atoms with Crippen molar-refractivity contribution < 1.29 is 13.2 Å². The highest BCUT2D eigenvalue weighted by molar-refractivity contribution is 5.94. The molecule has 0 saturated heterocycles. The third-order valence-corrected chi connectivity index (χ3v) is 5.00. The first kappa shape index (κ1) is 20.1. The second-order valence-corrected chi connectivity index (χ2v) is 7.44. The molecule has 3 heterocycles. The lowest BCUT2D eigenvalue weighted by atomic mass is 9.93. The SMILES string of the molecule is CC(N)CCc1cccc(-c2cc3c(-c4cnn(C)c4)n[nH]c3cn2)c1C(F)(F)F. The fourth-order valence-electron chi connectivity index (χ4n) is 3.57. The van der Waals surface area contributed by atoms with E-state index >= 15 is 0 Å². The number of aryl methyl sites for hydroxylation is 2. The molecule has 6 nitrogen and oxygen atoms in total. The Labute approximate surface area is 170 Å². The normalized spacial score (nSPS) is 13.1. The van der Waals surface area contributed by atoms with Gasteiger partial charge in [0.2, 0.25) is 0 Å². The van der Waals surface area contributed by atoms with Crippen LogP contribution in [0.4, 0.5) is 13.2 Å². The van der Waals surface area contributed by atoms with Crippen molar-refractivity contribution >= 4 is 10.9 Å². The largest absolute Gasteiger partial charge is 0.417 e. The predicted molar refractivity (Wildman–Crippen MR) is 108 cm³/mol. The van der Waals surface area contributed by atoms with Crippen LogP contribution in [0, 0.1) is 0 Å². The quantitative estimate of drug-likeness (QED) is 0.509. The number of aromatic amines is 1. The predicted octanol–water partition coefficient (Wildman–Crippen LogP) is 4.32. The molecule has 0 spiro atoms.